The minimum Gasteiger partial charge on any atom is -0.353 e. The van der Waals surface area contributed by atoms with Gasteiger partial charge in [-0.2, -0.15) is 15.8 Å². The summed E-state index contributed by atoms with van der Waals surface area (Å²) < 4.78 is 0. The summed E-state index contributed by atoms with van der Waals surface area (Å²) in [4.78, 5) is 24.5. The molecule has 2 aromatic heterocycles. The summed E-state index contributed by atoms with van der Waals surface area (Å²) in [7, 11) is 0. The van der Waals surface area contributed by atoms with Crippen molar-refractivity contribution in [2.45, 2.75) is 0 Å². The summed E-state index contributed by atoms with van der Waals surface area (Å²) in [6, 6.07) is 90.2. The van der Waals surface area contributed by atoms with E-state index in [4.69, 9.17) is 16.5 Å². The molecule has 0 amide bonds. The Labute approximate surface area is 503 Å². The quantitative estimate of drug-likeness (QED) is 0.169. The van der Waals surface area contributed by atoms with Gasteiger partial charge in [0.1, 0.15) is 0 Å². The number of rotatable bonds is 4. The summed E-state index contributed by atoms with van der Waals surface area (Å²) in [6.45, 7) is 8.11. The second-order valence-electron chi connectivity index (χ2n) is 22.6. The van der Waals surface area contributed by atoms with E-state index >= 15 is 0 Å². The fraction of sp³-hybridized carbons (Fsp3) is 0. The van der Waals surface area contributed by atoms with Crippen molar-refractivity contribution in [1.82, 2.24) is 19.9 Å². The van der Waals surface area contributed by atoms with Crippen molar-refractivity contribution < 1.29 is 0 Å². The van der Waals surface area contributed by atoms with E-state index in [0.29, 0.717) is 22.4 Å². The van der Waals surface area contributed by atoms with Crippen LogP contribution >= 0.6 is 0 Å². The molecule has 4 heterocycles. The SMILES string of the molecule is [C-]#[N+]c1ccc(-c2c3nc(c(-c4ccc(C#N)cc4)c4[nH]c(c(-c5ccc(C#N)cc5)c5nc(c(-c6ccc(C#N)cc6)c6[nH]c2c2cc7ccccc7cc62)-c2cc6ccccc6cc2-5)c2cc5ccccc5cc42)-c2cc4ccccc4cc2-3)cc1. The number of hydrogen-bond acceptors (Lipinski definition) is 5. The van der Waals surface area contributed by atoms with Crippen molar-refractivity contribution in [3.63, 3.8) is 0 Å². The minimum absolute atomic E-state index is 0.511. The minimum atomic E-state index is 0.511. The summed E-state index contributed by atoms with van der Waals surface area (Å²) in [5.74, 6) is 0. The zero-order valence-electron chi connectivity index (χ0n) is 46.8. The van der Waals surface area contributed by atoms with Crippen LogP contribution in [0.1, 0.15) is 16.7 Å². The van der Waals surface area contributed by atoms with Crippen molar-refractivity contribution in [3.05, 3.63) is 271 Å². The average Bonchev–Trinajstić information content (AvgIpc) is 1.70. The Kier molecular flexibility index (Phi) is 11.0. The zero-order valence-corrected chi connectivity index (χ0v) is 46.8. The molecule has 0 spiro atoms. The van der Waals surface area contributed by atoms with E-state index in [1.165, 1.54) is 0 Å². The lowest BCUT2D eigenvalue weighted by atomic mass is 9.91. The lowest BCUT2D eigenvalue weighted by Crippen LogP contribution is -1.88. The maximum Gasteiger partial charge on any atom is 0.187 e. The van der Waals surface area contributed by atoms with Crippen LogP contribution in [0.15, 0.2) is 243 Å². The lowest BCUT2D eigenvalue weighted by Gasteiger charge is -2.11. The molecule has 1 aliphatic carbocycles. The third-order valence-corrected chi connectivity index (χ3v) is 17.7. The molecule has 14 aromatic rings. The standard InChI is InChI=1S/C80H42N8/c1-84-60-32-30-51(31-33-60)72-79-67-40-58-16-8-6-14-56(58)38-65(67)77(87-79)70(49-26-20-46(43-82)21-27-49)75-63-36-54-12-4-2-10-52(54)34-61(63)73(85-75)69(48-24-18-45(42-81)19-25-48)74-62-35-53-11-3-5-13-55(53)37-64(62)76(86-74)71(50-28-22-47(44-83)23-29-50)78-66-39-57-15-7-9-17-59(57)41-68(66)80(72)88-78/h2-41,85,88H. The predicted molar refractivity (Wildman–Crippen MR) is 357 cm³/mol. The molecule has 8 nitrogen and oxygen atoms in total. The number of aromatic amines is 2. The number of fused-ring (bicyclic) bond motifs is 4. The molecule has 0 unspecified atom stereocenters. The third kappa shape index (κ3) is 7.68. The second kappa shape index (κ2) is 19.4. The first kappa shape index (κ1) is 49.9. The van der Waals surface area contributed by atoms with Crippen molar-refractivity contribution >= 4 is 92.4 Å². The van der Waals surface area contributed by atoms with Crippen molar-refractivity contribution in [2.24, 2.45) is 0 Å². The van der Waals surface area contributed by atoms with Crippen LogP contribution in [0.5, 0.6) is 0 Å². The van der Waals surface area contributed by atoms with E-state index in [0.717, 1.165) is 176 Å². The average molecular weight is 1120 g/mol. The number of benzene rings is 12. The number of nitrogens with one attached hydrogen (secondary N) is 2. The Morgan fingerprint density at radius 2 is 0.523 bits per heavy atom. The lowest BCUT2D eigenvalue weighted by molar-refractivity contribution is 1.39. The van der Waals surface area contributed by atoms with Gasteiger partial charge < -0.3 is 9.97 Å². The highest BCUT2D eigenvalue weighted by Crippen LogP contribution is 2.54. The van der Waals surface area contributed by atoms with E-state index < -0.39 is 0 Å². The molecule has 0 atom stereocenters. The normalized spacial score (nSPS) is 11.6. The Bertz CT molecular complexity index is 5220. The first-order valence-electron chi connectivity index (χ1n) is 29.0. The highest BCUT2D eigenvalue weighted by molar-refractivity contribution is 6.25. The topological polar surface area (TPSA) is 133 Å². The van der Waals surface area contributed by atoms with Gasteiger partial charge in [0.25, 0.3) is 0 Å². The van der Waals surface area contributed by atoms with E-state index in [2.05, 4.69) is 179 Å². The largest absolute Gasteiger partial charge is 0.353 e. The van der Waals surface area contributed by atoms with Crippen LogP contribution in [0.4, 0.5) is 5.69 Å². The zero-order chi connectivity index (χ0) is 58.7. The molecule has 8 bridgehead atoms. The number of nitrogens with zero attached hydrogens (tertiary/aromatic N) is 6. The van der Waals surface area contributed by atoms with Crippen LogP contribution in [-0.4, -0.2) is 19.9 Å². The smallest absolute Gasteiger partial charge is 0.187 e. The molecule has 17 rings (SSSR count). The Morgan fingerprint density at radius 3 is 0.750 bits per heavy atom. The van der Waals surface area contributed by atoms with Gasteiger partial charge in [0, 0.05) is 66.1 Å². The van der Waals surface area contributed by atoms with E-state index in [-0.39, 0.29) is 0 Å². The molecule has 0 radical (unpaired) electrons. The molecular formula is C80H42N8. The predicted octanol–water partition coefficient (Wildman–Crippen LogP) is 20.7. The molecule has 0 saturated carbocycles. The number of nitriles is 3. The molecule has 88 heavy (non-hydrogen) atoms. The monoisotopic (exact) mass is 1110 g/mol. The molecule has 0 fully saturated rings. The third-order valence-electron chi connectivity index (χ3n) is 17.7. The van der Waals surface area contributed by atoms with Gasteiger partial charge >= 0.3 is 0 Å². The highest BCUT2D eigenvalue weighted by Gasteiger charge is 2.31. The molecule has 12 aromatic carbocycles. The molecular weight excluding hydrogens is 1070 g/mol. The van der Waals surface area contributed by atoms with Gasteiger partial charge in [-0.15, -0.1) is 0 Å². The van der Waals surface area contributed by atoms with Crippen LogP contribution in [-0.2, 0) is 0 Å². The number of hydrogen-bond donors (Lipinski definition) is 2. The van der Waals surface area contributed by atoms with Gasteiger partial charge in [0.05, 0.1) is 86.3 Å². The van der Waals surface area contributed by atoms with Gasteiger partial charge in [0.15, 0.2) is 5.69 Å². The molecule has 3 aliphatic rings. The van der Waals surface area contributed by atoms with Crippen molar-refractivity contribution in [3.8, 4) is 108 Å². The van der Waals surface area contributed by atoms with Crippen molar-refractivity contribution in [1.29, 1.82) is 15.8 Å². The Morgan fingerprint density at radius 1 is 0.295 bits per heavy atom. The highest BCUT2D eigenvalue weighted by atomic mass is 14.8. The molecule has 2 aliphatic heterocycles. The van der Waals surface area contributed by atoms with Crippen LogP contribution in [0, 0.1) is 40.6 Å². The first-order chi connectivity index (χ1) is 43.4. The Balaban J connectivity index is 1.22. The maximum atomic E-state index is 10.3. The van der Waals surface area contributed by atoms with Crippen LogP contribution < -0.4 is 0 Å². The second-order valence-corrected chi connectivity index (χ2v) is 22.6. The number of aromatic nitrogens is 4. The summed E-state index contributed by atoms with van der Waals surface area (Å²) in [5.41, 5.74) is 18.6. The van der Waals surface area contributed by atoms with Crippen LogP contribution in [0.2, 0.25) is 0 Å². The van der Waals surface area contributed by atoms with E-state index in [9.17, 15) is 15.8 Å². The molecule has 402 valence electrons. The first-order valence-corrected chi connectivity index (χ1v) is 29.0. The van der Waals surface area contributed by atoms with Gasteiger partial charge in [-0.05, 0) is 150 Å². The fourth-order valence-electron chi connectivity index (χ4n) is 13.5. The van der Waals surface area contributed by atoms with Crippen LogP contribution in [0.25, 0.3) is 181 Å². The van der Waals surface area contributed by atoms with Crippen molar-refractivity contribution in [2.75, 3.05) is 0 Å². The van der Waals surface area contributed by atoms with E-state index in [1.807, 2.05) is 97.1 Å². The molecule has 0 saturated heterocycles. The fourth-order valence-corrected chi connectivity index (χ4v) is 13.5. The molecule has 8 heteroatoms. The van der Waals surface area contributed by atoms with Gasteiger partial charge in [-0.1, -0.05) is 158 Å². The van der Waals surface area contributed by atoms with Gasteiger partial charge in [-0.25, -0.2) is 14.8 Å². The maximum absolute atomic E-state index is 10.3. The Hall–Kier alpha value is -12.7. The van der Waals surface area contributed by atoms with Gasteiger partial charge in [-0.3, -0.25) is 0 Å². The summed E-state index contributed by atoms with van der Waals surface area (Å²) in [6.07, 6.45) is 0. The summed E-state index contributed by atoms with van der Waals surface area (Å²) in [5, 5.41) is 43.1. The summed E-state index contributed by atoms with van der Waals surface area (Å²) >= 11 is 0. The number of H-pyrrole nitrogens is 2. The van der Waals surface area contributed by atoms with E-state index in [1.54, 1.807) is 0 Å². The van der Waals surface area contributed by atoms with Gasteiger partial charge in [0.2, 0.25) is 0 Å². The molecule has 2 N–H and O–H groups in total. The van der Waals surface area contributed by atoms with Crippen LogP contribution in [0.3, 0.4) is 0 Å².